The van der Waals surface area contributed by atoms with E-state index in [1.54, 1.807) is 23.2 Å². The summed E-state index contributed by atoms with van der Waals surface area (Å²) in [5.41, 5.74) is 6.29. The summed E-state index contributed by atoms with van der Waals surface area (Å²) in [4.78, 5) is 54.5. The monoisotopic (exact) mass is 564 g/mol. The van der Waals surface area contributed by atoms with Crippen LogP contribution in [0.25, 0.3) is 11.2 Å². The van der Waals surface area contributed by atoms with Crippen molar-refractivity contribution in [2.24, 2.45) is 23.7 Å². The van der Waals surface area contributed by atoms with E-state index < -0.39 is 11.3 Å². The van der Waals surface area contributed by atoms with E-state index in [0.29, 0.717) is 60.8 Å². The minimum atomic E-state index is -0.698. The van der Waals surface area contributed by atoms with Crippen LogP contribution in [0.3, 0.4) is 0 Å². The van der Waals surface area contributed by atoms with E-state index in [0.717, 1.165) is 44.9 Å². The first-order valence-corrected chi connectivity index (χ1v) is 14.9. The molecule has 3 N–H and O–H groups in total. The van der Waals surface area contributed by atoms with Crippen molar-refractivity contribution in [2.75, 3.05) is 39.0 Å². The van der Waals surface area contributed by atoms with Gasteiger partial charge in [-0.15, -0.1) is 0 Å². The highest BCUT2D eigenvalue weighted by Gasteiger charge is 2.84. The molecule has 3 saturated heterocycles. The zero-order valence-corrected chi connectivity index (χ0v) is 23.3. The van der Waals surface area contributed by atoms with Crippen molar-refractivity contribution < 1.29 is 23.9 Å². The lowest BCUT2D eigenvalue weighted by Gasteiger charge is -2.36. The molecule has 218 valence electrons. The summed E-state index contributed by atoms with van der Waals surface area (Å²) >= 11 is 0. The highest BCUT2D eigenvalue weighted by molar-refractivity contribution is 5.90. The molecule has 3 amide bonds. The Morgan fingerprint density at radius 1 is 1.17 bits per heavy atom. The molecule has 2 aromatic heterocycles. The maximum atomic E-state index is 12.9. The Kier molecular flexibility index (Phi) is 5.39. The van der Waals surface area contributed by atoms with E-state index in [9.17, 15) is 14.4 Å². The van der Waals surface area contributed by atoms with Gasteiger partial charge in [-0.2, -0.15) is 0 Å². The smallest absolute Gasteiger partial charge is 0.409 e. The average Bonchev–Trinajstić information content (AvgIpc) is 3.93. The zero-order valence-electron chi connectivity index (χ0n) is 23.3. The van der Waals surface area contributed by atoms with Gasteiger partial charge in [-0.3, -0.25) is 14.2 Å². The maximum absolute atomic E-state index is 12.9. The predicted octanol–water partition coefficient (Wildman–Crippen LogP) is 1.02. The van der Waals surface area contributed by atoms with Crippen LogP contribution in [0.1, 0.15) is 50.8 Å². The molecule has 0 bridgehead atoms. The summed E-state index contributed by atoms with van der Waals surface area (Å²) in [6, 6.07) is 0.311. The fourth-order valence-corrected chi connectivity index (χ4v) is 7.35. The number of ether oxygens (including phenoxy) is 2. The Bertz CT molecular complexity index is 1450. The fraction of sp³-hybridized carbons (Fsp3) is 0.714. The van der Waals surface area contributed by atoms with Gasteiger partial charge in [0.25, 0.3) is 5.91 Å². The number of imidazole rings is 1. The van der Waals surface area contributed by atoms with Gasteiger partial charge >= 0.3 is 6.09 Å². The van der Waals surface area contributed by atoms with Crippen molar-refractivity contribution in [1.29, 1.82) is 0 Å². The van der Waals surface area contributed by atoms with E-state index >= 15 is 0 Å². The van der Waals surface area contributed by atoms with Crippen LogP contribution in [0.4, 0.5) is 10.6 Å². The largest absolute Gasteiger partial charge is 0.448 e. The molecule has 3 aliphatic heterocycles. The van der Waals surface area contributed by atoms with Crippen molar-refractivity contribution in [3.05, 3.63) is 12.2 Å². The number of nitrogens with zero attached hydrogens (tertiary/aromatic N) is 6. The number of β-lactam (4-membered cyclic amide) rings is 1. The van der Waals surface area contributed by atoms with Gasteiger partial charge in [0.2, 0.25) is 5.91 Å². The lowest BCUT2D eigenvalue weighted by Crippen LogP contribution is -2.52. The zero-order chi connectivity index (χ0) is 28.1. The maximum Gasteiger partial charge on any atom is 0.409 e. The number of rotatable bonds is 8. The third kappa shape index (κ3) is 3.98. The standard InChI is InChI=1S/C28H36N8O5/c1-34-12-16(24(34)37)13-40-26(39)35-8-6-15(7-9-35)2-5-20-32-22(29)21-23(33-20)36(14-30-21)28-11-19(28)18-10-27(18,41-28)25(38)31-17-3-4-17/h14-19H,2-13H2,1H3,(H,31,38)(H2,29,32,33)/t16?,18?,19?,27-,28+/m0/s1. The minimum Gasteiger partial charge on any atom is -0.448 e. The second-order valence-corrected chi connectivity index (χ2v) is 13.0. The molecule has 0 radical (unpaired) electrons. The van der Waals surface area contributed by atoms with Gasteiger partial charge in [0, 0.05) is 57.4 Å². The predicted molar refractivity (Wildman–Crippen MR) is 144 cm³/mol. The summed E-state index contributed by atoms with van der Waals surface area (Å²) in [7, 11) is 1.75. The van der Waals surface area contributed by atoms with Crippen LogP contribution in [-0.4, -0.2) is 92.2 Å². The molecule has 3 unspecified atom stereocenters. The molecule has 41 heavy (non-hydrogen) atoms. The molecule has 5 heterocycles. The number of hydrogen-bond acceptors (Lipinski definition) is 9. The van der Waals surface area contributed by atoms with Crippen molar-refractivity contribution >= 4 is 34.9 Å². The lowest BCUT2D eigenvalue weighted by molar-refractivity contribution is -0.148. The van der Waals surface area contributed by atoms with Gasteiger partial charge in [0.05, 0.1) is 12.2 Å². The van der Waals surface area contributed by atoms with Crippen LogP contribution in [0, 0.1) is 23.7 Å². The molecule has 6 aliphatic rings. The van der Waals surface area contributed by atoms with Gasteiger partial charge in [-0.1, -0.05) is 0 Å². The van der Waals surface area contributed by atoms with Crippen molar-refractivity contribution in [3.8, 4) is 0 Å². The Morgan fingerprint density at radius 2 is 1.98 bits per heavy atom. The molecule has 3 saturated carbocycles. The Hall–Kier alpha value is -3.48. The highest BCUT2D eigenvalue weighted by Crippen LogP contribution is 2.76. The van der Waals surface area contributed by atoms with Crippen LogP contribution >= 0.6 is 0 Å². The molecule has 8 rings (SSSR count). The molecular formula is C28H36N8O5. The number of hydrogen-bond donors (Lipinski definition) is 2. The number of aromatic nitrogens is 4. The summed E-state index contributed by atoms with van der Waals surface area (Å²) in [6.07, 6.45) is 8.48. The van der Waals surface area contributed by atoms with Gasteiger partial charge in [0.1, 0.15) is 17.9 Å². The molecule has 3 aliphatic carbocycles. The van der Waals surface area contributed by atoms with Crippen LogP contribution in [0.2, 0.25) is 0 Å². The van der Waals surface area contributed by atoms with Crippen LogP contribution < -0.4 is 11.1 Å². The fourth-order valence-electron chi connectivity index (χ4n) is 7.35. The second-order valence-electron chi connectivity index (χ2n) is 13.0. The second kappa shape index (κ2) is 8.76. The van der Waals surface area contributed by atoms with Crippen molar-refractivity contribution in [2.45, 2.75) is 68.7 Å². The molecule has 13 nitrogen and oxygen atoms in total. The quantitative estimate of drug-likeness (QED) is 0.447. The number of carbonyl (C=O) groups excluding carboxylic acids is 3. The molecule has 5 atom stereocenters. The summed E-state index contributed by atoms with van der Waals surface area (Å²) in [5, 5.41) is 3.14. The molecule has 0 aromatic carbocycles. The SMILES string of the molecule is CN1CC(COC(=O)N2CCC(CCc3nc(N)c4ncn([C@@]56CC5C5C[C@]5(C(=O)NC5CC5)O6)c4n3)CC2)C1=O. The first-order valence-electron chi connectivity index (χ1n) is 14.9. The van der Waals surface area contributed by atoms with E-state index in [1.807, 2.05) is 4.57 Å². The van der Waals surface area contributed by atoms with Gasteiger partial charge < -0.3 is 30.3 Å². The number of piperidine rings is 1. The van der Waals surface area contributed by atoms with Crippen LogP contribution in [0.15, 0.2) is 6.33 Å². The third-order valence-corrected chi connectivity index (χ3v) is 10.2. The van der Waals surface area contributed by atoms with Crippen molar-refractivity contribution in [3.63, 3.8) is 0 Å². The number of carbonyl (C=O) groups is 3. The normalized spacial score (nSPS) is 33.8. The average molecular weight is 565 g/mol. The third-order valence-electron chi connectivity index (χ3n) is 10.2. The number of nitrogen functional groups attached to an aromatic ring is 1. The molecule has 2 aromatic rings. The Balaban J connectivity index is 0.886. The van der Waals surface area contributed by atoms with E-state index in [-0.39, 0.29) is 42.3 Å². The van der Waals surface area contributed by atoms with Crippen molar-refractivity contribution in [1.82, 2.24) is 34.6 Å². The van der Waals surface area contributed by atoms with E-state index in [1.165, 1.54) is 0 Å². The van der Waals surface area contributed by atoms with Crippen LogP contribution in [-0.2, 0) is 31.2 Å². The number of aryl methyl sites for hydroxylation is 1. The van der Waals surface area contributed by atoms with Gasteiger partial charge in [-0.05, 0) is 44.4 Å². The highest BCUT2D eigenvalue weighted by atomic mass is 16.6. The molecular weight excluding hydrogens is 528 g/mol. The van der Waals surface area contributed by atoms with Gasteiger partial charge in [-0.25, -0.2) is 19.7 Å². The number of anilines is 1. The molecule has 6 fully saturated rings. The van der Waals surface area contributed by atoms with Gasteiger partial charge in [0.15, 0.2) is 22.8 Å². The number of amides is 3. The topological polar surface area (TPSA) is 158 Å². The molecule has 13 heteroatoms. The first-order chi connectivity index (χ1) is 19.8. The number of nitrogens with two attached hydrogens (primary N) is 1. The Labute approximate surface area is 237 Å². The molecule has 0 spiro atoms. The summed E-state index contributed by atoms with van der Waals surface area (Å²) < 4.78 is 14.0. The first kappa shape index (κ1) is 25.2. The lowest BCUT2D eigenvalue weighted by atomic mass is 9.92. The number of likely N-dealkylation sites (tertiary alicyclic amines) is 2. The summed E-state index contributed by atoms with van der Waals surface area (Å²) in [5.74, 6) is 1.88. The van der Waals surface area contributed by atoms with E-state index in [2.05, 4.69) is 15.3 Å². The Morgan fingerprint density at radius 3 is 2.71 bits per heavy atom. The number of nitrogens with one attached hydrogen (secondary N) is 1. The summed E-state index contributed by atoms with van der Waals surface area (Å²) in [6.45, 7) is 2.06. The van der Waals surface area contributed by atoms with Crippen LogP contribution in [0.5, 0.6) is 0 Å². The minimum absolute atomic E-state index is 0.0322. The van der Waals surface area contributed by atoms with E-state index in [4.69, 9.17) is 20.2 Å². The number of fused-ring (bicyclic) bond motifs is 4.